The highest BCUT2D eigenvalue weighted by atomic mass is 16.5. The van der Waals surface area contributed by atoms with Crippen molar-refractivity contribution >= 4 is 0 Å². The first kappa shape index (κ1) is 9.69. The van der Waals surface area contributed by atoms with Crippen LogP contribution >= 0.6 is 0 Å². The molecule has 1 aliphatic heterocycles. The van der Waals surface area contributed by atoms with E-state index in [1.54, 1.807) is 0 Å². The molecule has 2 rings (SSSR count). The summed E-state index contributed by atoms with van der Waals surface area (Å²) in [6.07, 6.45) is -0.573. The Kier molecular flexibility index (Phi) is 2.33. The van der Waals surface area contributed by atoms with Gasteiger partial charge in [0.15, 0.2) is 0 Å². The van der Waals surface area contributed by atoms with E-state index in [0.29, 0.717) is 6.61 Å². The molecule has 0 saturated carbocycles. The molecule has 1 N–H and O–H groups in total. The standard InChI is InChI=1S/C12H16O2/c1-12(2)8-14-10(11(12)13)9-6-4-3-5-7-9/h3-7,10-11,13H,8H2,1-2H3/t10-,11-/m0/s1. The van der Waals surface area contributed by atoms with Gasteiger partial charge in [0.1, 0.15) is 6.10 Å². The van der Waals surface area contributed by atoms with E-state index >= 15 is 0 Å². The second kappa shape index (κ2) is 3.37. The molecule has 1 aliphatic rings. The Hall–Kier alpha value is -0.860. The summed E-state index contributed by atoms with van der Waals surface area (Å²) in [5, 5.41) is 10.0. The highest BCUT2D eigenvalue weighted by Gasteiger charge is 2.42. The Morgan fingerprint density at radius 1 is 1.29 bits per heavy atom. The van der Waals surface area contributed by atoms with Crippen molar-refractivity contribution in [2.75, 3.05) is 6.61 Å². The maximum absolute atomic E-state index is 10.0. The summed E-state index contributed by atoms with van der Waals surface area (Å²) in [7, 11) is 0. The van der Waals surface area contributed by atoms with Gasteiger partial charge < -0.3 is 9.84 Å². The highest BCUT2D eigenvalue weighted by Crippen LogP contribution is 2.40. The zero-order valence-corrected chi connectivity index (χ0v) is 8.60. The quantitative estimate of drug-likeness (QED) is 0.738. The van der Waals surface area contributed by atoms with Gasteiger partial charge in [-0.25, -0.2) is 0 Å². The lowest BCUT2D eigenvalue weighted by Gasteiger charge is -2.22. The third-order valence-electron chi connectivity index (χ3n) is 2.85. The summed E-state index contributed by atoms with van der Waals surface area (Å²) >= 11 is 0. The molecule has 1 fully saturated rings. The fourth-order valence-corrected chi connectivity index (χ4v) is 1.81. The van der Waals surface area contributed by atoms with Gasteiger partial charge in [-0.2, -0.15) is 0 Å². The van der Waals surface area contributed by atoms with Crippen LogP contribution in [0.1, 0.15) is 25.5 Å². The molecule has 0 bridgehead atoms. The molecule has 2 nitrogen and oxygen atoms in total. The fourth-order valence-electron chi connectivity index (χ4n) is 1.81. The van der Waals surface area contributed by atoms with Crippen LogP contribution in [0.5, 0.6) is 0 Å². The first-order valence-corrected chi connectivity index (χ1v) is 4.96. The van der Waals surface area contributed by atoms with Crippen molar-refractivity contribution in [3.8, 4) is 0 Å². The second-order valence-electron chi connectivity index (χ2n) is 4.58. The molecule has 76 valence electrons. The number of ether oxygens (including phenoxy) is 1. The van der Waals surface area contributed by atoms with Crippen LogP contribution in [0, 0.1) is 5.41 Å². The normalized spacial score (nSPS) is 30.5. The minimum atomic E-state index is -0.412. The molecular weight excluding hydrogens is 176 g/mol. The van der Waals surface area contributed by atoms with E-state index in [9.17, 15) is 5.11 Å². The predicted molar refractivity (Wildman–Crippen MR) is 54.9 cm³/mol. The zero-order valence-electron chi connectivity index (χ0n) is 8.60. The average Bonchev–Trinajstić information content (AvgIpc) is 2.44. The van der Waals surface area contributed by atoms with Crippen LogP contribution in [-0.2, 0) is 4.74 Å². The van der Waals surface area contributed by atoms with Crippen LogP contribution in [-0.4, -0.2) is 17.8 Å². The molecule has 0 amide bonds. The second-order valence-corrected chi connectivity index (χ2v) is 4.58. The van der Waals surface area contributed by atoms with Crippen LogP contribution in [0.3, 0.4) is 0 Å². The summed E-state index contributed by atoms with van der Waals surface area (Å²) in [6.45, 7) is 4.68. The molecular formula is C12H16O2. The Morgan fingerprint density at radius 2 is 1.93 bits per heavy atom. The van der Waals surface area contributed by atoms with Gasteiger partial charge in [-0.15, -0.1) is 0 Å². The van der Waals surface area contributed by atoms with Gasteiger partial charge in [0.2, 0.25) is 0 Å². The third kappa shape index (κ3) is 1.56. The Morgan fingerprint density at radius 3 is 2.43 bits per heavy atom. The topological polar surface area (TPSA) is 29.5 Å². The van der Waals surface area contributed by atoms with E-state index in [0.717, 1.165) is 5.56 Å². The molecule has 1 saturated heterocycles. The van der Waals surface area contributed by atoms with Crippen molar-refractivity contribution in [1.29, 1.82) is 0 Å². The van der Waals surface area contributed by atoms with Gasteiger partial charge in [-0.05, 0) is 5.56 Å². The lowest BCUT2D eigenvalue weighted by atomic mass is 9.85. The van der Waals surface area contributed by atoms with E-state index in [-0.39, 0.29) is 11.5 Å². The van der Waals surface area contributed by atoms with E-state index in [1.807, 2.05) is 44.2 Å². The molecule has 2 atom stereocenters. The molecule has 0 radical (unpaired) electrons. The van der Waals surface area contributed by atoms with Crippen LogP contribution in [0.15, 0.2) is 30.3 Å². The minimum absolute atomic E-state index is 0.138. The Balaban J connectivity index is 2.23. The molecule has 2 heteroatoms. The molecule has 0 unspecified atom stereocenters. The SMILES string of the molecule is CC1(C)CO[C@@H](c2ccccc2)[C@@H]1O. The van der Waals surface area contributed by atoms with Crippen molar-refractivity contribution in [3.05, 3.63) is 35.9 Å². The number of aliphatic hydroxyl groups excluding tert-OH is 1. The van der Waals surface area contributed by atoms with Gasteiger partial charge >= 0.3 is 0 Å². The lowest BCUT2D eigenvalue weighted by Crippen LogP contribution is -2.28. The predicted octanol–water partition coefficient (Wildman–Crippen LogP) is 2.15. The highest BCUT2D eigenvalue weighted by molar-refractivity contribution is 5.20. The van der Waals surface area contributed by atoms with Gasteiger partial charge in [0.25, 0.3) is 0 Å². The third-order valence-corrected chi connectivity index (χ3v) is 2.85. The molecule has 0 aromatic heterocycles. The van der Waals surface area contributed by atoms with Crippen molar-refractivity contribution in [2.45, 2.75) is 26.1 Å². The maximum atomic E-state index is 10.0. The van der Waals surface area contributed by atoms with E-state index in [4.69, 9.17) is 4.74 Å². The van der Waals surface area contributed by atoms with Gasteiger partial charge in [0.05, 0.1) is 12.7 Å². The lowest BCUT2D eigenvalue weighted by molar-refractivity contribution is 0.0307. The summed E-state index contributed by atoms with van der Waals surface area (Å²) in [5.41, 5.74) is 0.922. The monoisotopic (exact) mass is 192 g/mol. The summed E-state index contributed by atoms with van der Waals surface area (Å²) in [6, 6.07) is 9.90. The van der Waals surface area contributed by atoms with Crippen molar-refractivity contribution in [3.63, 3.8) is 0 Å². The first-order valence-electron chi connectivity index (χ1n) is 4.96. The fraction of sp³-hybridized carbons (Fsp3) is 0.500. The summed E-state index contributed by atoms with van der Waals surface area (Å²) in [4.78, 5) is 0. The minimum Gasteiger partial charge on any atom is -0.389 e. The number of hydrogen-bond donors (Lipinski definition) is 1. The van der Waals surface area contributed by atoms with Crippen LogP contribution < -0.4 is 0 Å². The Labute approximate surface area is 84.5 Å². The molecule has 0 spiro atoms. The molecule has 0 aliphatic carbocycles. The summed E-state index contributed by atoms with van der Waals surface area (Å²) < 4.78 is 5.62. The molecule has 1 heterocycles. The van der Waals surface area contributed by atoms with Crippen LogP contribution in [0.2, 0.25) is 0 Å². The summed E-state index contributed by atoms with van der Waals surface area (Å²) in [5.74, 6) is 0. The number of rotatable bonds is 1. The Bertz CT molecular complexity index is 305. The smallest absolute Gasteiger partial charge is 0.109 e. The van der Waals surface area contributed by atoms with E-state index in [2.05, 4.69) is 0 Å². The van der Waals surface area contributed by atoms with Crippen LogP contribution in [0.4, 0.5) is 0 Å². The van der Waals surface area contributed by atoms with Crippen molar-refractivity contribution in [2.24, 2.45) is 5.41 Å². The van der Waals surface area contributed by atoms with E-state index < -0.39 is 6.10 Å². The van der Waals surface area contributed by atoms with E-state index in [1.165, 1.54) is 0 Å². The van der Waals surface area contributed by atoms with Crippen LogP contribution in [0.25, 0.3) is 0 Å². The molecule has 1 aromatic carbocycles. The largest absolute Gasteiger partial charge is 0.389 e. The molecule has 14 heavy (non-hydrogen) atoms. The van der Waals surface area contributed by atoms with Gasteiger partial charge in [0, 0.05) is 5.41 Å². The maximum Gasteiger partial charge on any atom is 0.109 e. The number of benzene rings is 1. The first-order chi connectivity index (χ1) is 6.61. The van der Waals surface area contributed by atoms with Crippen molar-refractivity contribution < 1.29 is 9.84 Å². The van der Waals surface area contributed by atoms with Gasteiger partial charge in [-0.3, -0.25) is 0 Å². The van der Waals surface area contributed by atoms with Gasteiger partial charge in [-0.1, -0.05) is 44.2 Å². The number of hydrogen-bond acceptors (Lipinski definition) is 2. The molecule has 1 aromatic rings. The zero-order chi connectivity index (χ0) is 10.2. The number of aliphatic hydroxyl groups is 1. The average molecular weight is 192 g/mol. The van der Waals surface area contributed by atoms with Crippen molar-refractivity contribution in [1.82, 2.24) is 0 Å².